The predicted octanol–water partition coefficient (Wildman–Crippen LogP) is 3.84. The molecular weight excluding hydrogens is 330 g/mol. The molecule has 0 aliphatic heterocycles. The summed E-state index contributed by atoms with van der Waals surface area (Å²) in [5, 5.41) is 3.01. The summed E-state index contributed by atoms with van der Waals surface area (Å²) >= 11 is 9.13. The zero-order valence-corrected chi connectivity index (χ0v) is 13.7. The van der Waals surface area contributed by atoms with E-state index in [1.807, 2.05) is 0 Å². The van der Waals surface area contributed by atoms with E-state index < -0.39 is 0 Å². The summed E-state index contributed by atoms with van der Waals surface area (Å²) in [6.45, 7) is 4.14. The summed E-state index contributed by atoms with van der Waals surface area (Å²) in [4.78, 5) is 12.2. The van der Waals surface area contributed by atoms with Gasteiger partial charge in [-0.1, -0.05) is 13.8 Å². The van der Waals surface area contributed by atoms with Crippen LogP contribution in [0.1, 0.15) is 30.6 Å². The monoisotopic (exact) mass is 347 g/mol. The second-order valence-electron chi connectivity index (χ2n) is 4.65. The first-order chi connectivity index (χ1) is 8.99. The van der Waals surface area contributed by atoms with Crippen LogP contribution >= 0.6 is 27.5 Å². The maximum absolute atomic E-state index is 12.2. The van der Waals surface area contributed by atoms with Crippen molar-refractivity contribution in [1.82, 2.24) is 5.32 Å². The molecule has 1 aromatic rings. The molecule has 1 atom stereocenters. The predicted molar refractivity (Wildman–Crippen MR) is 82.1 cm³/mol. The molecule has 0 heterocycles. The van der Waals surface area contributed by atoms with Gasteiger partial charge in [-0.05, 0) is 46.5 Å². The van der Waals surface area contributed by atoms with Gasteiger partial charge in [-0.3, -0.25) is 4.79 Å². The Balaban J connectivity index is 2.79. The van der Waals surface area contributed by atoms with E-state index in [9.17, 15) is 4.79 Å². The van der Waals surface area contributed by atoms with E-state index >= 15 is 0 Å². The lowest BCUT2D eigenvalue weighted by atomic mass is 10.0. The second-order valence-corrected chi connectivity index (χ2v) is 5.88. The van der Waals surface area contributed by atoms with Gasteiger partial charge in [-0.15, -0.1) is 11.6 Å². The van der Waals surface area contributed by atoms with Gasteiger partial charge in [0.1, 0.15) is 5.75 Å². The normalized spacial score (nSPS) is 12.3. The Morgan fingerprint density at radius 1 is 1.47 bits per heavy atom. The number of carbonyl (C=O) groups is 1. The van der Waals surface area contributed by atoms with Crippen molar-refractivity contribution in [2.75, 3.05) is 13.0 Å². The van der Waals surface area contributed by atoms with Crippen molar-refractivity contribution < 1.29 is 9.53 Å². The fourth-order valence-corrected chi connectivity index (χ4v) is 2.52. The van der Waals surface area contributed by atoms with Gasteiger partial charge in [0.25, 0.3) is 5.91 Å². The van der Waals surface area contributed by atoms with Crippen molar-refractivity contribution in [1.29, 1.82) is 0 Å². The van der Waals surface area contributed by atoms with Crippen LogP contribution in [-0.4, -0.2) is 24.9 Å². The zero-order valence-electron chi connectivity index (χ0n) is 11.4. The molecule has 19 heavy (non-hydrogen) atoms. The van der Waals surface area contributed by atoms with Crippen LogP contribution in [0.3, 0.4) is 0 Å². The average Bonchev–Trinajstić information content (AvgIpc) is 2.37. The Kier molecular flexibility index (Phi) is 6.66. The number of ether oxygens (including phenoxy) is 1. The molecule has 0 aromatic heterocycles. The van der Waals surface area contributed by atoms with Gasteiger partial charge in [-0.2, -0.15) is 0 Å². The molecule has 0 bridgehead atoms. The molecule has 0 fully saturated rings. The highest BCUT2D eigenvalue weighted by atomic mass is 79.9. The van der Waals surface area contributed by atoms with E-state index in [1.54, 1.807) is 25.3 Å². The molecule has 1 N–H and O–H groups in total. The molecule has 0 radical (unpaired) electrons. The highest BCUT2D eigenvalue weighted by molar-refractivity contribution is 9.10. The van der Waals surface area contributed by atoms with Crippen LogP contribution in [-0.2, 0) is 0 Å². The Morgan fingerprint density at radius 2 is 2.16 bits per heavy atom. The molecule has 106 valence electrons. The summed E-state index contributed by atoms with van der Waals surface area (Å²) in [6, 6.07) is 5.36. The minimum absolute atomic E-state index is 0.0888. The summed E-state index contributed by atoms with van der Waals surface area (Å²) in [5.41, 5.74) is 0.605. The number of carbonyl (C=O) groups excluding carboxylic acids is 1. The van der Waals surface area contributed by atoms with Crippen molar-refractivity contribution in [3.8, 4) is 5.75 Å². The van der Waals surface area contributed by atoms with Crippen LogP contribution in [0.5, 0.6) is 5.75 Å². The number of hydrogen-bond acceptors (Lipinski definition) is 2. The van der Waals surface area contributed by atoms with Gasteiger partial charge in [0, 0.05) is 17.5 Å². The van der Waals surface area contributed by atoms with Crippen LogP contribution in [0.15, 0.2) is 22.7 Å². The SMILES string of the molecule is COc1ccc(C(=O)NC(CCCl)C(C)C)cc1Br. The first kappa shape index (κ1) is 16.3. The molecule has 3 nitrogen and oxygen atoms in total. The number of halogens is 2. The largest absolute Gasteiger partial charge is 0.496 e. The van der Waals surface area contributed by atoms with E-state index in [1.165, 1.54) is 0 Å². The molecule has 1 aromatic carbocycles. The van der Waals surface area contributed by atoms with Gasteiger partial charge in [0.05, 0.1) is 11.6 Å². The third-order valence-electron chi connectivity index (χ3n) is 2.96. The smallest absolute Gasteiger partial charge is 0.251 e. The zero-order chi connectivity index (χ0) is 14.4. The Morgan fingerprint density at radius 3 is 2.63 bits per heavy atom. The van der Waals surface area contributed by atoms with Crippen molar-refractivity contribution in [2.45, 2.75) is 26.3 Å². The number of methoxy groups -OCH3 is 1. The molecule has 1 rings (SSSR count). The molecule has 5 heteroatoms. The van der Waals surface area contributed by atoms with Gasteiger partial charge < -0.3 is 10.1 Å². The molecular formula is C14H19BrClNO2. The van der Waals surface area contributed by atoms with Crippen molar-refractivity contribution in [3.63, 3.8) is 0 Å². The number of hydrogen-bond donors (Lipinski definition) is 1. The lowest BCUT2D eigenvalue weighted by Crippen LogP contribution is -2.38. The van der Waals surface area contributed by atoms with E-state index in [4.69, 9.17) is 16.3 Å². The van der Waals surface area contributed by atoms with Crippen LogP contribution in [0.4, 0.5) is 0 Å². The van der Waals surface area contributed by atoms with E-state index in [0.717, 1.165) is 10.9 Å². The molecule has 0 aliphatic rings. The quantitative estimate of drug-likeness (QED) is 0.793. The number of rotatable bonds is 6. The molecule has 0 spiro atoms. The lowest BCUT2D eigenvalue weighted by molar-refractivity contribution is 0.0925. The number of amides is 1. The highest BCUT2D eigenvalue weighted by Gasteiger charge is 2.17. The van der Waals surface area contributed by atoms with Crippen LogP contribution in [0.2, 0.25) is 0 Å². The first-order valence-corrected chi connectivity index (χ1v) is 7.52. The Bertz CT molecular complexity index is 437. The average molecular weight is 349 g/mol. The maximum Gasteiger partial charge on any atom is 0.251 e. The topological polar surface area (TPSA) is 38.3 Å². The maximum atomic E-state index is 12.2. The summed E-state index contributed by atoms with van der Waals surface area (Å²) in [5.74, 6) is 1.50. The fourth-order valence-electron chi connectivity index (χ4n) is 1.75. The molecule has 1 amide bonds. The molecule has 0 saturated heterocycles. The first-order valence-electron chi connectivity index (χ1n) is 6.20. The minimum atomic E-state index is -0.0906. The van der Waals surface area contributed by atoms with E-state index in [2.05, 4.69) is 35.1 Å². The summed E-state index contributed by atoms with van der Waals surface area (Å²) in [6.07, 6.45) is 0.766. The van der Waals surface area contributed by atoms with Gasteiger partial charge in [-0.25, -0.2) is 0 Å². The lowest BCUT2D eigenvalue weighted by Gasteiger charge is -2.21. The Hall–Kier alpha value is -0.740. The summed E-state index contributed by atoms with van der Waals surface area (Å²) in [7, 11) is 1.59. The molecule has 0 aliphatic carbocycles. The van der Waals surface area contributed by atoms with Crippen LogP contribution < -0.4 is 10.1 Å². The van der Waals surface area contributed by atoms with E-state index in [-0.39, 0.29) is 11.9 Å². The molecule has 0 saturated carbocycles. The highest BCUT2D eigenvalue weighted by Crippen LogP contribution is 2.25. The standard InChI is InChI=1S/C14H19BrClNO2/c1-9(2)12(6-7-16)17-14(18)10-4-5-13(19-3)11(15)8-10/h4-5,8-9,12H,6-7H2,1-3H3,(H,17,18). The van der Waals surface area contributed by atoms with Gasteiger partial charge >= 0.3 is 0 Å². The van der Waals surface area contributed by atoms with Gasteiger partial charge in [0.2, 0.25) is 0 Å². The number of benzene rings is 1. The van der Waals surface area contributed by atoms with Gasteiger partial charge in [0.15, 0.2) is 0 Å². The second kappa shape index (κ2) is 7.75. The van der Waals surface area contributed by atoms with E-state index in [0.29, 0.717) is 23.1 Å². The Labute approximate surface area is 127 Å². The minimum Gasteiger partial charge on any atom is -0.496 e. The fraction of sp³-hybridized carbons (Fsp3) is 0.500. The third kappa shape index (κ3) is 4.69. The van der Waals surface area contributed by atoms with Crippen LogP contribution in [0, 0.1) is 5.92 Å². The number of alkyl halides is 1. The number of nitrogens with one attached hydrogen (secondary N) is 1. The van der Waals surface area contributed by atoms with Crippen LogP contribution in [0.25, 0.3) is 0 Å². The van der Waals surface area contributed by atoms with Crippen molar-refractivity contribution in [2.24, 2.45) is 5.92 Å². The van der Waals surface area contributed by atoms with Crippen molar-refractivity contribution in [3.05, 3.63) is 28.2 Å². The third-order valence-corrected chi connectivity index (χ3v) is 3.79. The molecule has 1 unspecified atom stereocenters. The van der Waals surface area contributed by atoms with Crippen molar-refractivity contribution >= 4 is 33.4 Å². The summed E-state index contributed by atoms with van der Waals surface area (Å²) < 4.78 is 5.91.